The molecule has 3 rings (SSSR count). The summed E-state index contributed by atoms with van der Waals surface area (Å²) in [5, 5.41) is 21.8. The molecule has 12 heteroatoms. The van der Waals surface area contributed by atoms with Crippen molar-refractivity contribution in [3.05, 3.63) is 51.2 Å². The quantitative estimate of drug-likeness (QED) is 0.367. The van der Waals surface area contributed by atoms with Crippen molar-refractivity contribution in [1.82, 2.24) is 20.9 Å². The summed E-state index contributed by atoms with van der Waals surface area (Å²) in [4.78, 5) is 33.0. The monoisotopic (exact) mass is 540 g/mol. The van der Waals surface area contributed by atoms with Crippen molar-refractivity contribution in [3.8, 4) is 5.75 Å². The van der Waals surface area contributed by atoms with Crippen molar-refractivity contribution in [2.45, 2.75) is 25.6 Å². The lowest BCUT2D eigenvalue weighted by Gasteiger charge is -2.20. The number of amides is 2. The lowest BCUT2D eigenvalue weighted by Crippen LogP contribution is -2.41. The summed E-state index contributed by atoms with van der Waals surface area (Å²) in [6, 6.07) is 4.19. The molecule has 33 heavy (non-hydrogen) atoms. The van der Waals surface area contributed by atoms with E-state index in [-0.39, 0.29) is 30.9 Å². The van der Waals surface area contributed by atoms with Crippen LogP contribution in [-0.2, 0) is 4.79 Å². The zero-order valence-corrected chi connectivity index (χ0v) is 20.0. The van der Waals surface area contributed by atoms with Gasteiger partial charge < -0.3 is 26.4 Å². The van der Waals surface area contributed by atoms with E-state index in [0.717, 1.165) is 0 Å². The molecule has 0 spiro atoms. The highest BCUT2D eigenvalue weighted by Gasteiger charge is 2.20. The smallest absolute Gasteiger partial charge is 0.253 e. The molecule has 2 heterocycles. The van der Waals surface area contributed by atoms with Gasteiger partial charge in [-0.1, -0.05) is 18.5 Å². The summed E-state index contributed by atoms with van der Waals surface area (Å²) in [7, 11) is 0. The van der Waals surface area contributed by atoms with Crippen LogP contribution >= 0.6 is 27.5 Å². The number of aromatic nitrogens is 1. The van der Waals surface area contributed by atoms with Gasteiger partial charge in [0.25, 0.3) is 5.91 Å². The first-order valence-corrected chi connectivity index (χ1v) is 11.3. The number of benzene rings is 1. The molecule has 1 unspecified atom stereocenters. The van der Waals surface area contributed by atoms with Crippen LogP contribution in [0.1, 0.15) is 35.3 Å². The third-order valence-corrected chi connectivity index (χ3v) is 5.61. The molecule has 176 valence electrons. The normalized spacial score (nSPS) is 16.2. The third-order valence-electron chi connectivity index (χ3n) is 4.79. The number of carbonyl (C=O) groups is 2. The number of pyridine rings is 1. The minimum absolute atomic E-state index is 0.00919. The molecule has 2 atom stereocenters. The largest absolute Gasteiger partial charge is 0.506 e. The molecule has 0 fully saturated rings. The topological polar surface area (TPSA) is 128 Å². The molecule has 0 radical (unpaired) electrons. The lowest BCUT2D eigenvalue weighted by atomic mass is 10.0. The Kier molecular flexibility index (Phi) is 8.45. The lowest BCUT2D eigenvalue weighted by molar-refractivity contribution is -0.120. The number of aromatic hydroxyl groups is 1. The van der Waals surface area contributed by atoms with E-state index in [1.807, 2.05) is 6.92 Å². The first-order chi connectivity index (χ1) is 15.8. The summed E-state index contributed by atoms with van der Waals surface area (Å²) in [5.74, 6) is -0.547. The van der Waals surface area contributed by atoms with Crippen LogP contribution in [0, 0.1) is 0 Å². The Balaban J connectivity index is 1.57. The van der Waals surface area contributed by atoms with Crippen LogP contribution in [0.4, 0.5) is 10.1 Å². The van der Waals surface area contributed by atoms with E-state index in [0.29, 0.717) is 33.1 Å². The first kappa shape index (κ1) is 24.7. The number of nitrogens with one attached hydrogen (secondary N) is 4. The van der Waals surface area contributed by atoms with Crippen molar-refractivity contribution in [2.75, 3.05) is 25.0 Å². The Morgan fingerprint density at radius 2 is 2.15 bits per heavy atom. The Morgan fingerprint density at radius 1 is 1.36 bits per heavy atom. The number of phenols is 1. The highest BCUT2D eigenvalue weighted by atomic mass is 79.9. The predicted octanol–water partition coefficient (Wildman–Crippen LogP) is 2.91. The molecular weight excluding hydrogens is 519 g/mol. The highest BCUT2D eigenvalue weighted by molar-refractivity contribution is 9.10. The number of alkyl halides is 1. The summed E-state index contributed by atoms with van der Waals surface area (Å²) in [5.41, 5.74) is 1.19. The van der Waals surface area contributed by atoms with Gasteiger partial charge in [0.15, 0.2) is 5.96 Å². The van der Waals surface area contributed by atoms with E-state index >= 15 is 0 Å². The summed E-state index contributed by atoms with van der Waals surface area (Å²) >= 11 is 9.29. The van der Waals surface area contributed by atoms with E-state index in [1.165, 1.54) is 12.4 Å². The molecule has 0 aliphatic carbocycles. The van der Waals surface area contributed by atoms with Gasteiger partial charge in [-0.25, -0.2) is 9.38 Å². The van der Waals surface area contributed by atoms with Crippen LogP contribution in [0.25, 0.3) is 0 Å². The number of anilines is 1. The van der Waals surface area contributed by atoms with Gasteiger partial charge in [-0.3, -0.25) is 14.6 Å². The second kappa shape index (κ2) is 11.3. The van der Waals surface area contributed by atoms with E-state index in [9.17, 15) is 19.1 Å². The number of rotatable bonds is 7. The minimum atomic E-state index is -1.03. The minimum Gasteiger partial charge on any atom is -0.506 e. The molecule has 9 nitrogen and oxygen atoms in total. The Morgan fingerprint density at radius 3 is 2.85 bits per heavy atom. The maximum absolute atomic E-state index is 13.2. The van der Waals surface area contributed by atoms with Gasteiger partial charge in [0, 0.05) is 16.8 Å². The molecule has 2 amide bonds. The fraction of sp³-hybridized carbons (Fsp3) is 0.333. The Labute approximate surface area is 203 Å². The van der Waals surface area contributed by atoms with Gasteiger partial charge in [0.2, 0.25) is 5.91 Å². The van der Waals surface area contributed by atoms with Gasteiger partial charge in [0.1, 0.15) is 11.9 Å². The average molecular weight is 542 g/mol. The summed E-state index contributed by atoms with van der Waals surface area (Å²) < 4.78 is 13.6. The van der Waals surface area contributed by atoms with E-state index in [1.54, 1.807) is 18.2 Å². The van der Waals surface area contributed by atoms with Crippen LogP contribution < -0.4 is 21.3 Å². The fourth-order valence-electron chi connectivity index (χ4n) is 3.13. The van der Waals surface area contributed by atoms with Crippen LogP contribution in [-0.4, -0.2) is 53.7 Å². The zero-order chi connectivity index (χ0) is 24.0. The van der Waals surface area contributed by atoms with Crippen LogP contribution in [0.3, 0.4) is 0 Å². The number of phenolic OH excluding ortho intramolecular Hbond substituents is 1. The van der Waals surface area contributed by atoms with Gasteiger partial charge in [-0.05, 0) is 40.5 Å². The second-order valence-corrected chi connectivity index (χ2v) is 8.58. The molecule has 1 aliphatic rings. The number of carbonyl (C=O) groups excluding carboxylic acids is 2. The van der Waals surface area contributed by atoms with Crippen molar-refractivity contribution >= 4 is 51.0 Å². The van der Waals surface area contributed by atoms with Gasteiger partial charge >= 0.3 is 0 Å². The molecule has 0 bridgehead atoms. The number of halogens is 3. The highest BCUT2D eigenvalue weighted by Crippen LogP contribution is 2.36. The average Bonchev–Trinajstić information content (AvgIpc) is 2.80. The number of guanidine groups is 1. The maximum Gasteiger partial charge on any atom is 0.253 e. The van der Waals surface area contributed by atoms with Crippen LogP contribution in [0.2, 0.25) is 5.02 Å². The number of hydrogen-bond acceptors (Lipinski definition) is 7. The molecular formula is C21H23BrClFN6O3. The van der Waals surface area contributed by atoms with Crippen molar-refractivity contribution in [2.24, 2.45) is 4.99 Å². The first-order valence-electron chi connectivity index (χ1n) is 10.2. The summed E-state index contributed by atoms with van der Waals surface area (Å²) in [6.45, 7) is 1.78. The van der Waals surface area contributed by atoms with E-state index < -0.39 is 24.0 Å². The van der Waals surface area contributed by atoms with Gasteiger partial charge in [-0.15, -0.1) is 0 Å². The molecule has 0 saturated heterocycles. The molecule has 5 N–H and O–H groups in total. The molecule has 1 aromatic carbocycles. The second-order valence-electron chi connectivity index (χ2n) is 7.29. The van der Waals surface area contributed by atoms with Crippen molar-refractivity contribution in [3.63, 3.8) is 0 Å². The SMILES string of the molecule is CC[C@H](NC(=O)CNC(=O)c1cncc(NC2=NCC(F)CN2)c1)c1cc(Cl)cc(Br)c1O. The van der Waals surface area contributed by atoms with Gasteiger partial charge in [0.05, 0.1) is 47.6 Å². The standard InChI is InChI=1S/C21H23BrClFN6O3/c1-2-17(15-4-12(23)5-16(22)19(15)32)30-18(31)10-26-20(33)11-3-14(9-25-6-11)29-21-27-7-13(24)8-28-21/h3-6,9,13,17,32H,2,7-8,10H2,1H3,(H,26,33)(H,30,31)(H2,27,28,29)/t17-/m0/s1. The maximum atomic E-state index is 13.2. The van der Waals surface area contributed by atoms with Crippen LogP contribution in [0.5, 0.6) is 5.75 Å². The Bertz CT molecular complexity index is 1070. The Hall–Kier alpha value is -2.92. The molecule has 2 aromatic rings. The van der Waals surface area contributed by atoms with Gasteiger partial charge in [-0.2, -0.15) is 0 Å². The van der Waals surface area contributed by atoms with Crippen molar-refractivity contribution < 1.29 is 19.1 Å². The number of hydrogen-bond donors (Lipinski definition) is 5. The molecule has 1 aromatic heterocycles. The van der Waals surface area contributed by atoms with Crippen LogP contribution in [0.15, 0.2) is 40.1 Å². The fourth-order valence-corrected chi connectivity index (χ4v) is 3.96. The third kappa shape index (κ3) is 6.78. The predicted molar refractivity (Wildman–Crippen MR) is 127 cm³/mol. The number of aliphatic imine (C=N–C) groups is 1. The number of nitrogens with zero attached hydrogens (tertiary/aromatic N) is 2. The summed E-state index contributed by atoms with van der Waals surface area (Å²) in [6.07, 6.45) is 2.33. The molecule has 1 aliphatic heterocycles. The van der Waals surface area contributed by atoms with E-state index in [2.05, 4.69) is 47.2 Å². The van der Waals surface area contributed by atoms with E-state index in [4.69, 9.17) is 11.6 Å². The zero-order valence-electron chi connectivity index (χ0n) is 17.7. The molecule has 0 saturated carbocycles. The van der Waals surface area contributed by atoms with Crippen molar-refractivity contribution in [1.29, 1.82) is 0 Å².